The average Bonchev–Trinajstić information content (AvgIpc) is 3.26. The molecule has 0 radical (unpaired) electrons. The molecular weight excluding hydrogens is 360 g/mol. The van der Waals surface area contributed by atoms with E-state index >= 15 is 0 Å². The number of aliphatic hydroxyl groups excluding tert-OH is 1. The summed E-state index contributed by atoms with van der Waals surface area (Å²) in [6.45, 7) is 0.845. The van der Waals surface area contributed by atoms with Gasteiger partial charge in [-0.2, -0.15) is 5.10 Å². The molecule has 4 rings (SSSR count). The molecule has 10 heteroatoms. The molecule has 5 unspecified atom stereocenters. The van der Waals surface area contributed by atoms with Crippen LogP contribution in [0.4, 0.5) is 0 Å². The molecule has 0 amide bonds. The summed E-state index contributed by atoms with van der Waals surface area (Å²) in [7, 11) is -3.22. The summed E-state index contributed by atoms with van der Waals surface area (Å²) in [4.78, 5) is 4.20. The summed E-state index contributed by atoms with van der Waals surface area (Å²) in [5.74, 6) is 0. The molecule has 0 aliphatic carbocycles. The Morgan fingerprint density at radius 2 is 2.12 bits per heavy atom. The van der Waals surface area contributed by atoms with Crippen molar-refractivity contribution in [2.45, 2.75) is 42.0 Å². The fourth-order valence-electron chi connectivity index (χ4n) is 3.40. The second-order valence-corrected chi connectivity index (χ2v) is 8.57. The molecule has 0 saturated carbocycles. The molecule has 3 heterocycles. The lowest BCUT2D eigenvalue weighted by molar-refractivity contribution is -0.168. The minimum absolute atomic E-state index is 0.259. The third-order valence-electron chi connectivity index (χ3n) is 4.77. The van der Waals surface area contributed by atoms with E-state index in [0.29, 0.717) is 13.2 Å². The van der Waals surface area contributed by atoms with Gasteiger partial charge in [0.2, 0.25) is 0 Å². The Labute approximate surface area is 150 Å². The SMILES string of the molecule is CS(=O)(=O)c1ccc(CNC2C3COC(O3)C(n3cncn3)C2O)cc1. The highest BCUT2D eigenvalue weighted by Gasteiger charge is 2.51. The zero-order valence-electron chi connectivity index (χ0n) is 14.1. The molecule has 1 aromatic heterocycles. The van der Waals surface area contributed by atoms with Gasteiger partial charge in [0.15, 0.2) is 16.1 Å². The third-order valence-corrected chi connectivity index (χ3v) is 5.89. The van der Waals surface area contributed by atoms with Gasteiger partial charge in [-0.3, -0.25) is 0 Å². The molecule has 2 aliphatic heterocycles. The molecule has 2 aromatic rings. The number of fused-ring (bicyclic) bond motifs is 2. The standard InChI is InChI=1S/C16H20N4O5S/c1-26(22,23)11-4-2-10(3-5-11)6-18-13-12-7-24-16(25-12)14(15(13)21)20-9-17-8-19-20/h2-5,8-9,12-16,18,21H,6-7H2,1H3. The maximum absolute atomic E-state index is 11.5. The highest BCUT2D eigenvalue weighted by atomic mass is 32.2. The third kappa shape index (κ3) is 3.26. The lowest BCUT2D eigenvalue weighted by Gasteiger charge is -2.38. The van der Waals surface area contributed by atoms with Gasteiger partial charge in [0.25, 0.3) is 0 Å². The van der Waals surface area contributed by atoms with E-state index in [-0.39, 0.29) is 17.0 Å². The normalized spacial score (nSPS) is 31.2. The van der Waals surface area contributed by atoms with E-state index in [4.69, 9.17) is 9.47 Å². The minimum Gasteiger partial charge on any atom is -0.389 e. The van der Waals surface area contributed by atoms with E-state index in [0.717, 1.165) is 5.56 Å². The van der Waals surface area contributed by atoms with E-state index < -0.39 is 28.3 Å². The minimum atomic E-state index is -3.22. The van der Waals surface area contributed by atoms with Gasteiger partial charge in [-0.1, -0.05) is 12.1 Å². The lowest BCUT2D eigenvalue weighted by atomic mass is 9.96. The largest absolute Gasteiger partial charge is 0.389 e. The van der Waals surface area contributed by atoms with Crippen molar-refractivity contribution >= 4 is 9.84 Å². The number of aliphatic hydroxyl groups is 1. The molecule has 140 valence electrons. The fraction of sp³-hybridized carbons (Fsp3) is 0.500. The lowest BCUT2D eigenvalue weighted by Crippen LogP contribution is -2.57. The van der Waals surface area contributed by atoms with Crippen LogP contribution >= 0.6 is 0 Å². The van der Waals surface area contributed by atoms with Gasteiger partial charge in [0, 0.05) is 12.8 Å². The van der Waals surface area contributed by atoms with Crippen LogP contribution in [0.1, 0.15) is 11.6 Å². The van der Waals surface area contributed by atoms with Crippen molar-refractivity contribution in [2.24, 2.45) is 0 Å². The van der Waals surface area contributed by atoms with E-state index in [9.17, 15) is 13.5 Å². The molecule has 2 aliphatic rings. The van der Waals surface area contributed by atoms with E-state index in [1.807, 2.05) is 0 Å². The van der Waals surface area contributed by atoms with Crippen LogP contribution in [-0.4, -0.2) is 65.7 Å². The summed E-state index contributed by atoms with van der Waals surface area (Å²) in [5, 5.41) is 18.2. The fourth-order valence-corrected chi connectivity index (χ4v) is 4.03. The second kappa shape index (κ2) is 6.71. The summed E-state index contributed by atoms with van der Waals surface area (Å²) in [6, 6.07) is 5.82. The predicted octanol–water partition coefficient (Wildman–Crippen LogP) is -0.503. The molecular formula is C16H20N4O5S. The molecule has 2 saturated heterocycles. The number of benzene rings is 1. The topological polar surface area (TPSA) is 116 Å². The van der Waals surface area contributed by atoms with Gasteiger partial charge in [-0.25, -0.2) is 18.1 Å². The highest BCUT2D eigenvalue weighted by molar-refractivity contribution is 7.90. The van der Waals surface area contributed by atoms with Crippen molar-refractivity contribution in [3.8, 4) is 0 Å². The highest BCUT2D eigenvalue weighted by Crippen LogP contribution is 2.35. The molecule has 9 nitrogen and oxygen atoms in total. The first kappa shape index (κ1) is 17.6. The van der Waals surface area contributed by atoms with Crippen LogP contribution in [0.15, 0.2) is 41.8 Å². The number of nitrogens with zero attached hydrogens (tertiary/aromatic N) is 3. The first-order chi connectivity index (χ1) is 12.4. The van der Waals surface area contributed by atoms with Crippen molar-refractivity contribution in [3.05, 3.63) is 42.5 Å². The predicted molar refractivity (Wildman–Crippen MR) is 89.9 cm³/mol. The number of hydrogen-bond donors (Lipinski definition) is 2. The maximum Gasteiger partial charge on any atom is 0.183 e. The van der Waals surface area contributed by atoms with Crippen LogP contribution in [-0.2, 0) is 25.9 Å². The zero-order chi connectivity index (χ0) is 18.3. The Bertz CT molecular complexity index is 855. The van der Waals surface area contributed by atoms with Crippen LogP contribution in [0.2, 0.25) is 0 Å². The summed E-state index contributed by atoms with van der Waals surface area (Å²) < 4.78 is 36.1. The molecule has 2 N–H and O–H groups in total. The van der Waals surface area contributed by atoms with Crippen LogP contribution < -0.4 is 5.32 Å². The Kier molecular flexibility index (Phi) is 4.53. The van der Waals surface area contributed by atoms with E-state index in [1.165, 1.54) is 18.9 Å². The van der Waals surface area contributed by atoms with Crippen LogP contribution in [0.3, 0.4) is 0 Å². The van der Waals surface area contributed by atoms with Crippen molar-refractivity contribution in [2.75, 3.05) is 12.9 Å². The Balaban J connectivity index is 1.47. The number of rotatable bonds is 5. The van der Waals surface area contributed by atoms with E-state index in [2.05, 4.69) is 15.4 Å². The van der Waals surface area contributed by atoms with Gasteiger partial charge in [0.05, 0.1) is 23.6 Å². The number of hydrogen-bond acceptors (Lipinski definition) is 8. The second-order valence-electron chi connectivity index (χ2n) is 6.56. The Hall–Kier alpha value is -1.85. The first-order valence-corrected chi connectivity index (χ1v) is 10.1. The summed E-state index contributed by atoms with van der Waals surface area (Å²) >= 11 is 0. The summed E-state index contributed by atoms with van der Waals surface area (Å²) in [6.07, 6.45) is 2.53. The quantitative estimate of drug-likeness (QED) is 0.713. The molecule has 1 aromatic carbocycles. The zero-order valence-corrected chi connectivity index (χ0v) is 14.9. The van der Waals surface area contributed by atoms with Gasteiger partial charge in [-0.05, 0) is 17.7 Å². The number of sulfone groups is 1. The Morgan fingerprint density at radius 1 is 1.35 bits per heavy atom. The van der Waals surface area contributed by atoms with Crippen LogP contribution in [0, 0.1) is 0 Å². The molecule has 2 fully saturated rings. The van der Waals surface area contributed by atoms with Crippen molar-refractivity contribution in [1.82, 2.24) is 20.1 Å². The Morgan fingerprint density at radius 3 is 2.77 bits per heavy atom. The number of ether oxygens (including phenoxy) is 2. The molecule has 0 spiro atoms. The monoisotopic (exact) mass is 380 g/mol. The van der Waals surface area contributed by atoms with Crippen LogP contribution in [0.25, 0.3) is 0 Å². The summed E-state index contributed by atoms with van der Waals surface area (Å²) in [5.41, 5.74) is 0.906. The van der Waals surface area contributed by atoms with Crippen molar-refractivity contribution in [3.63, 3.8) is 0 Å². The first-order valence-electron chi connectivity index (χ1n) is 8.25. The average molecular weight is 380 g/mol. The van der Waals surface area contributed by atoms with Crippen molar-refractivity contribution in [1.29, 1.82) is 0 Å². The molecule has 5 atom stereocenters. The number of nitrogens with one attached hydrogen (secondary N) is 1. The van der Waals surface area contributed by atoms with Gasteiger partial charge in [0.1, 0.15) is 24.8 Å². The van der Waals surface area contributed by atoms with Gasteiger partial charge < -0.3 is 19.9 Å². The maximum atomic E-state index is 11.5. The van der Waals surface area contributed by atoms with Crippen molar-refractivity contribution < 1.29 is 23.0 Å². The smallest absolute Gasteiger partial charge is 0.183 e. The number of aromatic nitrogens is 3. The van der Waals surface area contributed by atoms with Gasteiger partial charge >= 0.3 is 0 Å². The molecule has 26 heavy (non-hydrogen) atoms. The van der Waals surface area contributed by atoms with Gasteiger partial charge in [-0.15, -0.1) is 0 Å². The van der Waals surface area contributed by atoms with Crippen LogP contribution in [0.5, 0.6) is 0 Å². The molecule has 2 bridgehead atoms. The van der Waals surface area contributed by atoms with E-state index in [1.54, 1.807) is 28.9 Å².